The zero-order valence-corrected chi connectivity index (χ0v) is 30.1. The maximum Gasteiger partial charge on any atom is 0.287 e. The van der Waals surface area contributed by atoms with Crippen LogP contribution in [0.15, 0.2) is 144 Å². The van der Waals surface area contributed by atoms with Gasteiger partial charge in [0.05, 0.1) is 28.1 Å². The van der Waals surface area contributed by atoms with E-state index in [2.05, 4.69) is 142 Å². The second kappa shape index (κ2) is 13.9. The molecule has 1 aliphatic heterocycles. The van der Waals surface area contributed by atoms with Crippen molar-refractivity contribution in [2.45, 2.75) is 13.5 Å². The predicted octanol–water partition coefficient (Wildman–Crippen LogP) is 4.74. The van der Waals surface area contributed by atoms with Gasteiger partial charge >= 0.3 is 0 Å². The van der Waals surface area contributed by atoms with E-state index < -0.39 is 10.2 Å². The number of benzene rings is 5. The Balaban J connectivity index is 0.000000752. The fourth-order valence-corrected chi connectivity index (χ4v) is 7.66. The molecule has 0 bridgehead atoms. The molecule has 0 amide bonds. The number of rotatable bonds is 6. The van der Waals surface area contributed by atoms with Crippen molar-refractivity contribution in [3.63, 3.8) is 0 Å². The molecule has 3 aromatic heterocycles. The van der Waals surface area contributed by atoms with Gasteiger partial charge in [-0.25, -0.2) is 33.2 Å². The van der Waals surface area contributed by atoms with Gasteiger partial charge < -0.3 is 9.32 Å². The molecule has 8 aromatic rings. The highest BCUT2D eigenvalue weighted by molar-refractivity contribution is 7.22. The van der Waals surface area contributed by atoms with Crippen LogP contribution in [0.25, 0.3) is 55.6 Å². The molecular weight excluding hydrogens is 712 g/mol. The fourth-order valence-electron chi connectivity index (χ4n) is 6.67. The Hall–Kier alpha value is -5.86. The van der Waals surface area contributed by atoms with Crippen LogP contribution in [0.4, 0.5) is 16.5 Å². The molecule has 11 nitrogen and oxygen atoms in total. The predicted molar refractivity (Wildman–Crippen MR) is 196 cm³/mol. The lowest BCUT2D eigenvalue weighted by Crippen LogP contribution is -2.68. The van der Waals surface area contributed by atoms with E-state index in [4.69, 9.17) is 33.0 Å². The first-order valence-corrected chi connectivity index (χ1v) is 18.7. The fraction of sp³-hybridized carbons (Fsp3) is 0.0750. The van der Waals surface area contributed by atoms with Crippen LogP contribution in [0.5, 0.6) is 0 Å². The van der Waals surface area contributed by atoms with Crippen molar-refractivity contribution < 1.29 is 37.9 Å². The Bertz CT molecular complexity index is 2590. The van der Waals surface area contributed by atoms with Gasteiger partial charge in [-0.3, -0.25) is 4.90 Å². The summed E-state index contributed by atoms with van der Waals surface area (Å²) in [5.41, 5.74) is 9.16. The second-order valence-electron chi connectivity index (χ2n) is 12.1. The molecule has 0 aliphatic carbocycles. The lowest BCUT2D eigenvalue weighted by Gasteiger charge is -2.19. The Morgan fingerprint density at radius 2 is 1.47 bits per heavy atom. The van der Waals surface area contributed by atoms with Gasteiger partial charge in [-0.15, -0.1) is 10.2 Å². The molecule has 0 fully saturated rings. The molecule has 0 unspecified atom stereocenters. The number of aromatic nitrogens is 4. The van der Waals surface area contributed by atoms with E-state index in [1.165, 1.54) is 4.70 Å². The molecule has 264 valence electrons. The number of nitrogens with zero attached hydrogens (tertiary/aromatic N) is 6. The first kappa shape index (κ1) is 34.2. The summed E-state index contributed by atoms with van der Waals surface area (Å²) in [6.45, 7) is 2.97. The molecule has 1 aliphatic rings. The van der Waals surface area contributed by atoms with E-state index in [1.807, 2.05) is 30.3 Å². The van der Waals surface area contributed by atoms with Gasteiger partial charge in [-0.1, -0.05) is 72.0 Å². The molecule has 9 rings (SSSR count). The molecule has 0 radical (unpaired) electrons. The third kappa shape index (κ3) is 6.66. The molecule has 0 saturated carbocycles. The Labute approximate surface area is 310 Å². The van der Waals surface area contributed by atoms with Crippen molar-refractivity contribution in [1.29, 1.82) is 0 Å². The first-order chi connectivity index (χ1) is 25.7. The van der Waals surface area contributed by atoms with Crippen LogP contribution in [0, 0.1) is 10.2 Å². The topological polar surface area (TPSA) is 146 Å². The van der Waals surface area contributed by atoms with E-state index in [-0.39, 0.29) is 0 Å². The molecule has 13 heteroatoms. The average Bonchev–Trinajstić information content (AvgIpc) is 3.92. The van der Waals surface area contributed by atoms with Gasteiger partial charge in [0.2, 0.25) is 5.89 Å². The number of thiazole rings is 1. The van der Waals surface area contributed by atoms with E-state index in [0.717, 1.165) is 73.6 Å². The molecule has 0 N–H and O–H groups in total. The smallest absolute Gasteiger partial charge is 0.287 e. The van der Waals surface area contributed by atoms with Gasteiger partial charge in [0.25, 0.3) is 5.82 Å². The van der Waals surface area contributed by atoms with Crippen molar-refractivity contribution >= 4 is 66.3 Å². The number of fused-ring (bicyclic) bond motifs is 4. The quantitative estimate of drug-likeness (QED) is 0.221. The summed E-state index contributed by atoms with van der Waals surface area (Å²) in [6.07, 6.45) is 6.54. The standard InChI is InChI=1S/C40H31N6OS.ClHO4/c1-3-44-34-26-27(39-41-29-16-7-11-20-35(29)47-39)24-25-33(34)45(28-14-5-4-6-15-28)38(44)23-13-22-37-43(2)31-18-9-10-19-32(31)46(37)40-42-30-17-8-12-21-36(30)48-40;2-1(3,4)5/h4-26H,3H2,1-2H3;(H,2,3,4,5)/q+1;/p-1. The number of hydrogen-bond donors (Lipinski definition) is 0. The first-order valence-electron chi connectivity index (χ1n) is 16.7. The van der Waals surface area contributed by atoms with Crippen LogP contribution in [0.2, 0.25) is 0 Å². The van der Waals surface area contributed by atoms with Crippen LogP contribution < -0.4 is 33.0 Å². The molecule has 0 spiro atoms. The second-order valence-corrected chi connectivity index (χ2v) is 13.8. The monoisotopic (exact) mass is 742 g/mol. The average molecular weight is 743 g/mol. The van der Waals surface area contributed by atoms with Gasteiger partial charge in [-0.2, -0.15) is 4.57 Å². The summed E-state index contributed by atoms with van der Waals surface area (Å²) in [6, 6.07) is 41.7. The minimum absolute atomic E-state index is 0.619. The molecule has 53 heavy (non-hydrogen) atoms. The van der Waals surface area contributed by atoms with Gasteiger partial charge in [0.15, 0.2) is 21.7 Å². The summed E-state index contributed by atoms with van der Waals surface area (Å²) >= 11 is 1.71. The SMILES string of the molecule is CC[n+]1c(/C=C/C=C2\N(C)c3ccccc3N2c2nc3ccccc3s2)n(-c2ccccc2)c2ccc(-c3nc4ccccc4o3)cc21.[O-][Cl+3]([O-])([O-])[O-]. The molecule has 4 heterocycles. The molecular formula is C40H31ClN6O5S. The number of halogens is 1. The maximum absolute atomic E-state index is 8.49. The van der Waals surface area contributed by atoms with Crippen LogP contribution in [0.3, 0.4) is 0 Å². The zero-order chi connectivity index (χ0) is 36.7. The zero-order valence-electron chi connectivity index (χ0n) is 28.5. The largest absolute Gasteiger partial charge is 0.436 e. The summed E-state index contributed by atoms with van der Waals surface area (Å²) in [4.78, 5) is 14.3. The van der Waals surface area contributed by atoms with Gasteiger partial charge in [0.1, 0.15) is 17.0 Å². The third-order valence-corrected chi connectivity index (χ3v) is 9.93. The lowest BCUT2D eigenvalue weighted by molar-refractivity contribution is -2.00. The van der Waals surface area contributed by atoms with Crippen LogP contribution in [-0.2, 0) is 6.54 Å². The van der Waals surface area contributed by atoms with Crippen molar-refractivity contribution in [3.05, 3.63) is 145 Å². The summed E-state index contributed by atoms with van der Waals surface area (Å²) < 4.78 is 46.0. The van der Waals surface area contributed by atoms with Gasteiger partial charge in [0, 0.05) is 24.8 Å². The number of imidazole rings is 1. The molecule has 0 saturated heterocycles. The van der Waals surface area contributed by atoms with Crippen LogP contribution >= 0.6 is 11.3 Å². The van der Waals surface area contributed by atoms with E-state index in [0.29, 0.717) is 5.89 Å². The maximum atomic E-state index is 8.49. The van der Waals surface area contributed by atoms with Crippen molar-refractivity contribution in [3.8, 4) is 17.1 Å². The summed E-state index contributed by atoms with van der Waals surface area (Å²) in [5, 5.41) is 0.946. The van der Waals surface area contributed by atoms with Crippen molar-refractivity contribution in [2.75, 3.05) is 16.8 Å². The number of anilines is 3. The number of oxazole rings is 1. The highest BCUT2D eigenvalue weighted by atomic mass is 35.7. The lowest BCUT2D eigenvalue weighted by atomic mass is 10.2. The minimum Gasteiger partial charge on any atom is -0.436 e. The van der Waals surface area contributed by atoms with E-state index >= 15 is 0 Å². The van der Waals surface area contributed by atoms with E-state index in [9.17, 15) is 0 Å². The number of para-hydroxylation sites is 6. The minimum atomic E-state index is -4.94. The van der Waals surface area contributed by atoms with Crippen LogP contribution in [-0.4, -0.2) is 21.6 Å². The van der Waals surface area contributed by atoms with Crippen LogP contribution in [0.1, 0.15) is 12.7 Å². The highest BCUT2D eigenvalue weighted by Crippen LogP contribution is 2.47. The number of allylic oxidation sites excluding steroid dienone is 2. The Morgan fingerprint density at radius 3 is 2.21 bits per heavy atom. The third-order valence-electron chi connectivity index (χ3n) is 8.91. The molecule has 5 aromatic carbocycles. The van der Waals surface area contributed by atoms with Crippen molar-refractivity contribution in [2.24, 2.45) is 0 Å². The summed E-state index contributed by atoms with van der Waals surface area (Å²) in [7, 11) is -2.83. The van der Waals surface area contributed by atoms with Crippen molar-refractivity contribution in [1.82, 2.24) is 14.5 Å². The summed E-state index contributed by atoms with van der Waals surface area (Å²) in [5.74, 6) is 2.72. The normalized spacial score (nSPS) is 13.8. The van der Waals surface area contributed by atoms with Gasteiger partial charge in [-0.05, 0) is 73.7 Å². The number of aryl methyl sites for hydroxylation is 1. The Morgan fingerprint density at radius 1 is 0.792 bits per heavy atom. The number of hydrogen-bond acceptors (Lipinski definition) is 10. The molecule has 0 atom stereocenters. The Kier molecular flexibility index (Phi) is 9.00. The highest BCUT2D eigenvalue weighted by Gasteiger charge is 2.32. The van der Waals surface area contributed by atoms with E-state index in [1.54, 1.807) is 11.3 Å².